The van der Waals surface area contributed by atoms with E-state index >= 15 is 0 Å². The van der Waals surface area contributed by atoms with Gasteiger partial charge in [0, 0.05) is 6.07 Å². The van der Waals surface area contributed by atoms with Gasteiger partial charge in [-0.2, -0.15) is 0 Å². The van der Waals surface area contributed by atoms with Gasteiger partial charge < -0.3 is 19.5 Å². The zero-order valence-electron chi connectivity index (χ0n) is 18.7. The van der Waals surface area contributed by atoms with E-state index in [1.165, 1.54) is 56.7 Å². The molecule has 8 nitrogen and oxygen atoms in total. The Bertz CT molecular complexity index is 1200. The van der Waals surface area contributed by atoms with Gasteiger partial charge in [0.15, 0.2) is 11.5 Å². The zero-order valence-corrected chi connectivity index (χ0v) is 19.5. The molecule has 180 valence electrons. The molecule has 0 radical (unpaired) electrons. The van der Waals surface area contributed by atoms with Gasteiger partial charge in [0.25, 0.3) is 10.0 Å². The minimum Gasteiger partial charge on any atom is -0.493 e. The Balaban J connectivity index is 1.73. The molecule has 0 aliphatic rings. The fourth-order valence-corrected chi connectivity index (χ4v) is 4.53. The molecule has 10 heteroatoms. The molecule has 0 saturated heterocycles. The summed E-state index contributed by atoms with van der Waals surface area (Å²) in [6.45, 7) is -0.183. The van der Waals surface area contributed by atoms with Crippen LogP contribution in [0.3, 0.4) is 0 Å². The van der Waals surface area contributed by atoms with Crippen LogP contribution >= 0.6 is 0 Å². The summed E-state index contributed by atoms with van der Waals surface area (Å²) in [6, 6.07) is 18.0. The van der Waals surface area contributed by atoms with E-state index in [9.17, 15) is 17.6 Å². The van der Waals surface area contributed by atoms with Crippen molar-refractivity contribution in [2.24, 2.45) is 0 Å². The van der Waals surface area contributed by atoms with Crippen LogP contribution in [0.25, 0.3) is 0 Å². The largest absolute Gasteiger partial charge is 0.493 e. The van der Waals surface area contributed by atoms with Crippen molar-refractivity contribution in [2.75, 3.05) is 38.2 Å². The Morgan fingerprint density at radius 3 is 2.26 bits per heavy atom. The normalized spacial score (nSPS) is 10.9. The molecule has 1 N–H and O–H groups in total. The Labute approximate surface area is 197 Å². The highest BCUT2D eigenvalue weighted by atomic mass is 32.2. The minimum atomic E-state index is -4.11. The van der Waals surface area contributed by atoms with Gasteiger partial charge in [0.1, 0.15) is 24.7 Å². The van der Waals surface area contributed by atoms with Gasteiger partial charge in [-0.1, -0.05) is 18.2 Å². The number of anilines is 1. The van der Waals surface area contributed by atoms with Crippen LogP contribution in [0.1, 0.15) is 0 Å². The highest BCUT2D eigenvalue weighted by Crippen LogP contribution is 2.32. The number of sulfonamides is 1. The minimum absolute atomic E-state index is 0.0542. The maximum atomic E-state index is 13.5. The van der Waals surface area contributed by atoms with E-state index in [1.807, 2.05) is 0 Å². The van der Waals surface area contributed by atoms with Gasteiger partial charge in [-0.05, 0) is 48.5 Å². The molecule has 0 bridgehead atoms. The van der Waals surface area contributed by atoms with E-state index in [0.29, 0.717) is 17.2 Å². The molecule has 0 unspecified atom stereocenters. The third-order valence-corrected chi connectivity index (χ3v) is 6.55. The highest BCUT2D eigenvalue weighted by Gasteiger charge is 2.28. The molecule has 0 saturated carbocycles. The van der Waals surface area contributed by atoms with Crippen molar-refractivity contribution in [1.82, 2.24) is 5.32 Å². The topological polar surface area (TPSA) is 94.2 Å². The fourth-order valence-electron chi connectivity index (χ4n) is 3.09. The first kappa shape index (κ1) is 24.8. The standard InChI is InChI=1S/C24H25FN2O6S/c1-31-22-13-12-21(16-23(22)32-2)34(29,30)27(19-6-4-3-5-7-19)17-24(28)26-14-15-33-20-10-8-18(25)9-11-20/h3-13,16H,14-15,17H2,1-2H3,(H,26,28). The first-order chi connectivity index (χ1) is 16.3. The van der Waals surface area contributed by atoms with Crippen molar-refractivity contribution < 1.29 is 31.8 Å². The number of amides is 1. The molecule has 0 atom stereocenters. The molecule has 3 aromatic rings. The molecule has 3 rings (SSSR count). The Hall–Kier alpha value is -3.79. The smallest absolute Gasteiger partial charge is 0.264 e. The molecular weight excluding hydrogens is 463 g/mol. The number of para-hydroxylation sites is 1. The number of hydrogen-bond donors (Lipinski definition) is 1. The fraction of sp³-hybridized carbons (Fsp3) is 0.208. The molecule has 0 fully saturated rings. The Morgan fingerprint density at radius 1 is 0.941 bits per heavy atom. The van der Waals surface area contributed by atoms with Crippen molar-refractivity contribution in [3.63, 3.8) is 0 Å². The van der Waals surface area contributed by atoms with Crippen LogP contribution in [-0.4, -0.2) is 48.2 Å². The average molecular weight is 489 g/mol. The van der Waals surface area contributed by atoms with E-state index in [4.69, 9.17) is 14.2 Å². The lowest BCUT2D eigenvalue weighted by atomic mass is 10.3. The van der Waals surface area contributed by atoms with Crippen LogP contribution in [0, 0.1) is 5.82 Å². The first-order valence-corrected chi connectivity index (χ1v) is 11.7. The molecule has 0 spiro atoms. The molecular formula is C24H25FN2O6S. The predicted octanol–water partition coefficient (Wildman–Crippen LogP) is 3.23. The second kappa shape index (κ2) is 11.4. The molecule has 34 heavy (non-hydrogen) atoms. The van der Waals surface area contributed by atoms with E-state index < -0.39 is 22.5 Å². The molecule has 1 amide bonds. The Kier molecular flexibility index (Phi) is 8.31. The highest BCUT2D eigenvalue weighted by molar-refractivity contribution is 7.92. The van der Waals surface area contributed by atoms with E-state index in [2.05, 4.69) is 5.32 Å². The molecule has 0 aliphatic carbocycles. The quantitative estimate of drug-likeness (QED) is 0.417. The number of ether oxygens (including phenoxy) is 3. The number of hydrogen-bond acceptors (Lipinski definition) is 6. The van der Waals surface area contributed by atoms with E-state index in [0.717, 1.165) is 4.31 Å². The van der Waals surface area contributed by atoms with Gasteiger partial charge in [-0.3, -0.25) is 9.10 Å². The first-order valence-electron chi connectivity index (χ1n) is 10.3. The number of nitrogens with one attached hydrogen (secondary N) is 1. The molecule has 0 heterocycles. The van der Waals surface area contributed by atoms with Gasteiger partial charge >= 0.3 is 0 Å². The summed E-state index contributed by atoms with van der Waals surface area (Å²) >= 11 is 0. The summed E-state index contributed by atoms with van der Waals surface area (Å²) in [6.07, 6.45) is 0. The number of carbonyl (C=O) groups excluding carboxylic acids is 1. The summed E-state index contributed by atoms with van der Waals surface area (Å²) in [5.41, 5.74) is 0.329. The number of methoxy groups -OCH3 is 2. The summed E-state index contributed by atoms with van der Waals surface area (Å²) in [4.78, 5) is 12.6. The van der Waals surface area contributed by atoms with Gasteiger partial charge in [-0.15, -0.1) is 0 Å². The third-order valence-electron chi connectivity index (χ3n) is 4.78. The maximum absolute atomic E-state index is 13.5. The second-order valence-electron chi connectivity index (χ2n) is 7.02. The van der Waals surface area contributed by atoms with Crippen LogP contribution in [-0.2, 0) is 14.8 Å². The van der Waals surface area contributed by atoms with E-state index in [-0.39, 0.29) is 29.6 Å². The number of nitrogens with zero attached hydrogens (tertiary/aromatic N) is 1. The number of benzene rings is 3. The predicted molar refractivity (Wildman–Crippen MR) is 125 cm³/mol. The van der Waals surface area contributed by atoms with Crippen molar-refractivity contribution in [1.29, 1.82) is 0 Å². The molecule has 0 aliphatic heterocycles. The average Bonchev–Trinajstić information content (AvgIpc) is 2.86. The van der Waals surface area contributed by atoms with Crippen LogP contribution in [0.2, 0.25) is 0 Å². The monoisotopic (exact) mass is 488 g/mol. The van der Waals surface area contributed by atoms with Crippen molar-refractivity contribution in [3.05, 3.63) is 78.6 Å². The molecule has 3 aromatic carbocycles. The van der Waals surface area contributed by atoms with Gasteiger partial charge in [0.2, 0.25) is 5.91 Å². The zero-order chi connectivity index (χ0) is 24.6. The van der Waals surface area contributed by atoms with Crippen LogP contribution in [0.15, 0.2) is 77.7 Å². The number of carbonyl (C=O) groups is 1. The molecule has 0 aromatic heterocycles. The summed E-state index contributed by atoms with van der Waals surface area (Å²) in [7, 11) is -1.26. The van der Waals surface area contributed by atoms with Crippen LogP contribution < -0.4 is 23.8 Å². The van der Waals surface area contributed by atoms with Crippen molar-refractivity contribution in [2.45, 2.75) is 4.90 Å². The van der Waals surface area contributed by atoms with Crippen molar-refractivity contribution in [3.8, 4) is 17.2 Å². The Morgan fingerprint density at radius 2 is 1.62 bits per heavy atom. The summed E-state index contributed by atoms with van der Waals surface area (Å²) in [5.74, 6) is 0.191. The van der Waals surface area contributed by atoms with Gasteiger partial charge in [0.05, 0.1) is 31.3 Å². The lowest BCUT2D eigenvalue weighted by molar-refractivity contribution is -0.119. The van der Waals surface area contributed by atoms with E-state index in [1.54, 1.807) is 30.3 Å². The van der Waals surface area contributed by atoms with Crippen LogP contribution in [0.4, 0.5) is 10.1 Å². The summed E-state index contributed by atoms with van der Waals surface area (Å²) in [5, 5.41) is 2.64. The summed E-state index contributed by atoms with van der Waals surface area (Å²) < 4.78 is 56.8. The second-order valence-corrected chi connectivity index (χ2v) is 8.88. The number of halogens is 1. The van der Waals surface area contributed by atoms with Gasteiger partial charge in [-0.25, -0.2) is 12.8 Å². The third kappa shape index (κ3) is 6.16. The lowest BCUT2D eigenvalue weighted by Crippen LogP contribution is -2.41. The lowest BCUT2D eigenvalue weighted by Gasteiger charge is -2.24. The van der Waals surface area contributed by atoms with Crippen LogP contribution in [0.5, 0.6) is 17.2 Å². The van der Waals surface area contributed by atoms with Crippen molar-refractivity contribution >= 4 is 21.6 Å². The maximum Gasteiger partial charge on any atom is 0.264 e. The number of rotatable bonds is 11. The SMILES string of the molecule is COc1ccc(S(=O)(=O)N(CC(=O)NCCOc2ccc(F)cc2)c2ccccc2)cc1OC.